The van der Waals surface area contributed by atoms with E-state index in [4.69, 9.17) is 16.2 Å². The highest BCUT2D eigenvalue weighted by Gasteiger charge is 2.19. The molecule has 2 aromatic carbocycles. The normalized spacial score (nSPS) is 10.7. The molecule has 0 saturated heterocycles. The topological polar surface area (TPSA) is 150 Å². The Labute approximate surface area is 190 Å². The summed E-state index contributed by atoms with van der Waals surface area (Å²) in [7, 11) is 0. The predicted octanol–water partition coefficient (Wildman–Crippen LogP) is 3.38. The van der Waals surface area contributed by atoms with Crippen molar-refractivity contribution in [2.45, 2.75) is 6.92 Å². The van der Waals surface area contributed by atoms with Gasteiger partial charge in [0.25, 0.3) is 17.0 Å². The van der Waals surface area contributed by atoms with E-state index in [-0.39, 0.29) is 22.0 Å². The van der Waals surface area contributed by atoms with E-state index >= 15 is 0 Å². The van der Waals surface area contributed by atoms with Crippen LogP contribution in [0, 0.1) is 12.7 Å². The number of pyridine rings is 1. The molecule has 0 atom stereocenters. The lowest BCUT2D eigenvalue weighted by Crippen LogP contribution is -2.17. The van der Waals surface area contributed by atoms with Crippen LogP contribution in [0.4, 0.5) is 9.39 Å². The Morgan fingerprint density at radius 1 is 1.00 bits per heavy atom. The molecule has 11 heteroatoms. The zero-order valence-electron chi connectivity index (χ0n) is 17.1. The van der Waals surface area contributed by atoms with E-state index in [0.717, 1.165) is 17.4 Å². The van der Waals surface area contributed by atoms with Crippen molar-refractivity contribution in [2.75, 3.05) is 5.32 Å². The van der Waals surface area contributed by atoms with Gasteiger partial charge in [0.05, 0.1) is 16.8 Å². The van der Waals surface area contributed by atoms with Crippen LogP contribution in [0.25, 0.3) is 10.9 Å². The van der Waals surface area contributed by atoms with Gasteiger partial charge in [-0.1, -0.05) is 11.3 Å². The molecule has 0 unspecified atom stereocenters. The summed E-state index contributed by atoms with van der Waals surface area (Å²) in [5.74, 6) is -2.09. The van der Waals surface area contributed by atoms with E-state index in [2.05, 4.69) is 15.3 Å². The average molecular weight is 465 g/mol. The Bertz CT molecular complexity index is 1420. The summed E-state index contributed by atoms with van der Waals surface area (Å²) in [6.07, 6.45) is 0. The molecule has 3 amide bonds. The molecule has 0 aliphatic carbocycles. The van der Waals surface area contributed by atoms with Crippen molar-refractivity contribution >= 4 is 45.0 Å². The number of hydrogen-bond donors (Lipinski definition) is 3. The van der Waals surface area contributed by atoms with Crippen LogP contribution in [0.5, 0.6) is 10.9 Å². The van der Waals surface area contributed by atoms with Crippen LogP contribution in [0.3, 0.4) is 0 Å². The molecule has 2 aromatic heterocycles. The summed E-state index contributed by atoms with van der Waals surface area (Å²) in [6.45, 7) is 1.68. The van der Waals surface area contributed by atoms with Crippen LogP contribution in [0.15, 0.2) is 48.5 Å². The maximum Gasteiger partial charge on any atom is 0.280 e. The number of amides is 3. The minimum atomic E-state index is -0.845. The maximum atomic E-state index is 13.6. The Morgan fingerprint density at radius 3 is 2.39 bits per heavy atom. The number of benzene rings is 2. The van der Waals surface area contributed by atoms with E-state index in [1.54, 1.807) is 19.1 Å². The van der Waals surface area contributed by atoms with Crippen molar-refractivity contribution in [3.05, 3.63) is 76.9 Å². The number of halogens is 1. The molecule has 0 bridgehead atoms. The van der Waals surface area contributed by atoms with Gasteiger partial charge in [-0.3, -0.25) is 14.4 Å². The van der Waals surface area contributed by atoms with Gasteiger partial charge in [0, 0.05) is 17.0 Å². The fourth-order valence-electron chi connectivity index (χ4n) is 3.01. The van der Waals surface area contributed by atoms with Crippen LogP contribution < -0.4 is 21.5 Å². The number of ether oxygens (including phenoxy) is 1. The third kappa shape index (κ3) is 4.62. The van der Waals surface area contributed by atoms with E-state index in [1.165, 1.54) is 30.3 Å². The van der Waals surface area contributed by atoms with Gasteiger partial charge < -0.3 is 21.5 Å². The number of carbonyl (C=O) groups excluding carboxylic acids is 3. The molecule has 4 aromatic rings. The molecule has 0 saturated carbocycles. The zero-order valence-corrected chi connectivity index (χ0v) is 17.9. The van der Waals surface area contributed by atoms with Crippen molar-refractivity contribution in [3.63, 3.8) is 0 Å². The molecular formula is C22H16FN5O4S. The van der Waals surface area contributed by atoms with Crippen LogP contribution in [-0.2, 0) is 0 Å². The number of primary amides is 2. The molecule has 166 valence electrons. The molecule has 9 nitrogen and oxygen atoms in total. The number of nitrogens with zero attached hydrogens (tertiary/aromatic N) is 2. The van der Waals surface area contributed by atoms with Gasteiger partial charge in [-0.2, -0.15) is 0 Å². The summed E-state index contributed by atoms with van der Waals surface area (Å²) >= 11 is 1.08. The highest BCUT2D eigenvalue weighted by Crippen LogP contribution is 2.33. The van der Waals surface area contributed by atoms with Crippen LogP contribution in [0.1, 0.15) is 36.9 Å². The standard InChI is InChI=1S/C22H16FN5O4S/c1-10-21(33-22(26-10)32-13-5-2-11(3-6-13)18(24)29)28-20(31)15-9-17(19(25)30)27-16-8-12(23)4-7-14(15)16/h2-9H,1H3,(H2,24,29)(H2,25,30)(H,28,31). The van der Waals surface area contributed by atoms with Gasteiger partial charge in [0.2, 0.25) is 5.91 Å². The summed E-state index contributed by atoms with van der Waals surface area (Å²) in [5.41, 5.74) is 11.4. The lowest BCUT2D eigenvalue weighted by atomic mass is 10.1. The number of nitrogens with two attached hydrogens (primary N) is 2. The van der Waals surface area contributed by atoms with Crippen molar-refractivity contribution < 1.29 is 23.5 Å². The maximum absolute atomic E-state index is 13.6. The highest BCUT2D eigenvalue weighted by molar-refractivity contribution is 7.17. The highest BCUT2D eigenvalue weighted by atomic mass is 32.1. The number of nitrogens with one attached hydrogen (secondary N) is 1. The number of fused-ring (bicyclic) bond motifs is 1. The fourth-order valence-corrected chi connectivity index (χ4v) is 3.84. The molecule has 0 radical (unpaired) electrons. The first-order valence-corrected chi connectivity index (χ1v) is 10.3. The lowest BCUT2D eigenvalue weighted by Gasteiger charge is -2.09. The largest absolute Gasteiger partial charge is 0.431 e. The molecule has 0 spiro atoms. The molecule has 0 aliphatic rings. The summed E-state index contributed by atoms with van der Waals surface area (Å²) in [6, 6.07) is 11.2. The van der Waals surface area contributed by atoms with Gasteiger partial charge in [0.15, 0.2) is 0 Å². The Balaban J connectivity index is 1.60. The lowest BCUT2D eigenvalue weighted by molar-refractivity contribution is 0.0989. The molecule has 4 rings (SSSR count). The smallest absolute Gasteiger partial charge is 0.280 e. The van der Waals surface area contributed by atoms with Gasteiger partial charge in [-0.15, -0.1) is 0 Å². The Hall–Kier alpha value is -4.38. The second kappa shape index (κ2) is 8.63. The van der Waals surface area contributed by atoms with Gasteiger partial charge in [-0.05, 0) is 49.4 Å². The SMILES string of the molecule is Cc1nc(Oc2ccc(C(N)=O)cc2)sc1NC(=O)c1cc(C(N)=O)nc2cc(F)ccc12. The summed E-state index contributed by atoms with van der Waals surface area (Å²) in [4.78, 5) is 44.1. The number of carbonyl (C=O) groups is 3. The number of thiazole rings is 1. The van der Waals surface area contributed by atoms with Gasteiger partial charge in [-0.25, -0.2) is 14.4 Å². The quantitative estimate of drug-likeness (QED) is 0.397. The Kier molecular flexibility index (Phi) is 5.71. The van der Waals surface area contributed by atoms with E-state index in [0.29, 0.717) is 27.4 Å². The molecule has 33 heavy (non-hydrogen) atoms. The molecule has 5 N–H and O–H groups in total. The number of rotatable bonds is 6. The third-order valence-corrected chi connectivity index (χ3v) is 5.57. The first-order chi connectivity index (χ1) is 15.7. The van der Waals surface area contributed by atoms with E-state index < -0.39 is 23.5 Å². The Morgan fingerprint density at radius 2 is 1.73 bits per heavy atom. The van der Waals surface area contributed by atoms with Crippen molar-refractivity contribution in [1.82, 2.24) is 9.97 Å². The van der Waals surface area contributed by atoms with E-state index in [1.807, 2.05) is 0 Å². The summed E-state index contributed by atoms with van der Waals surface area (Å²) < 4.78 is 19.3. The first-order valence-electron chi connectivity index (χ1n) is 9.48. The van der Waals surface area contributed by atoms with E-state index in [9.17, 15) is 18.8 Å². The number of anilines is 1. The number of aromatic nitrogens is 2. The van der Waals surface area contributed by atoms with Crippen molar-refractivity contribution in [1.29, 1.82) is 0 Å². The van der Waals surface area contributed by atoms with Gasteiger partial charge in [0.1, 0.15) is 22.3 Å². The third-order valence-electron chi connectivity index (χ3n) is 4.62. The second-order valence-electron chi connectivity index (χ2n) is 6.92. The molecule has 2 heterocycles. The molecular weight excluding hydrogens is 449 g/mol. The van der Waals surface area contributed by atoms with Crippen molar-refractivity contribution in [3.8, 4) is 10.9 Å². The number of aryl methyl sites for hydroxylation is 1. The minimum absolute atomic E-state index is 0.103. The van der Waals surface area contributed by atoms with Crippen molar-refractivity contribution in [2.24, 2.45) is 11.5 Å². The first kappa shape index (κ1) is 21.8. The summed E-state index contributed by atoms with van der Waals surface area (Å²) in [5, 5.41) is 3.76. The van der Waals surface area contributed by atoms with Crippen LogP contribution in [-0.4, -0.2) is 27.7 Å². The zero-order chi connectivity index (χ0) is 23.7. The fraction of sp³-hybridized carbons (Fsp3) is 0.0455. The predicted molar refractivity (Wildman–Crippen MR) is 120 cm³/mol. The average Bonchev–Trinajstić information content (AvgIpc) is 3.11. The molecule has 0 fully saturated rings. The molecule has 0 aliphatic heterocycles. The number of hydrogen-bond acceptors (Lipinski definition) is 7. The monoisotopic (exact) mass is 465 g/mol. The van der Waals surface area contributed by atoms with Crippen LogP contribution in [0.2, 0.25) is 0 Å². The van der Waals surface area contributed by atoms with Crippen LogP contribution >= 0.6 is 11.3 Å². The van der Waals surface area contributed by atoms with Gasteiger partial charge >= 0.3 is 0 Å². The minimum Gasteiger partial charge on any atom is -0.431 e. The second-order valence-corrected chi connectivity index (χ2v) is 7.88.